The standard InChI is InChI=1S/C23H26N2O/c1-17-6-5-9-22(18(17)2)25-14-12-24(13-15-25)16-21-20-8-4-3-7-19(20)10-11-23(21)26/h3-11,26H,12-16H2,1-2H3. The molecule has 134 valence electrons. The Bertz CT molecular complexity index is 927. The van der Waals surface area contributed by atoms with Crippen LogP contribution in [0.15, 0.2) is 54.6 Å². The molecule has 0 aliphatic carbocycles. The third-order valence-electron chi connectivity index (χ3n) is 5.69. The van der Waals surface area contributed by atoms with Crippen LogP contribution in [0.2, 0.25) is 0 Å². The van der Waals surface area contributed by atoms with Crippen molar-refractivity contribution in [3.63, 3.8) is 0 Å². The van der Waals surface area contributed by atoms with Crippen molar-refractivity contribution in [1.82, 2.24) is 4.90 Å². The molecule has 1 saturated heterocycles. The van der Waals surface area contributed by atoms with Crippen LogP contribution in [0.4, 0.5) is 5.69 Å². The third-order valence-corrected chi connectivity index (χ3v) is 5.69. The Kier molecular flexibility index (Phi) is 4.56. The molecule has 3 nitrogen and oxygen atoms in total. The lowest BCUT2D eigenvalue weighted by molar-refractivity contribution is 0.247. The summed E-state index contributed by atoms with van der Waals surface area (Å²) in [6.45, 7) is 9.26. The van der Waals surface area contributed by atoms with Crippen molar-refractivity contribution >= 4 is 16.5 Å². The van der Waals surface area contributed by atoms with Crippen molar-refractivity contribution in [2.45, 2.75) is 20.4 Å². The highest BCUT2D eigenvalue weighted by Crippen LogP contribution is 2.29. The van der Waals surface area contributed by atoms with Gasteiger partial charge in [-0.15, -0.1) is 0 Å². The Balaban J connectivity index is 1.50. The molecule has 1 aliphatic heterocycles. The maximum atomic E-state index is 10.4. The molecule has 3 aromatic rings. The highest BCUT2D eigenvalue weighted by molar-refractivity contribution is 5.87. The van der Waals surface area contributed by atoms with Gasteiger partial charge >= 0.3 is 0 Å². The summed E-state index contributed by atoms with van der Waals surface area (Å²) < 4.78 is 0. The summed E-state index contributed by atoms with van der Waals surface area (Å²) in [5.74, 6) is 0.403. The largest absolute Gasteiger partial charge is 0.508 e. The monoisotopic (exact) mass is 346 g/mol. The van der Waals surface area contributed by atoms with Gasteiger partial charge in [-0.25, -0.2) is 0 Å². The summed E-state index contributed by atoms with van der Waals surface area (Å²) in [5, 5.41) is 12.7. The number of rotatable bonds is 3. The van der Waals surface area contributed by atoms with E-state index >= 15 is 0 Å². The summed E-state index contributed by atoms with van der Waals surface area (Å²) in [5.41, 5.74) is 5.14. The fourth-order valence-electron chi connectivity index (χ4n) is 3.94. The number of aryl methyl sites for hydroxylation is 1. The van der Waals surface area contributed by atoms with Crippen LogP contribution in [0.3, 0.4) is 0 Å². The first-order valence-corrected chi connectivity index (χ1v) is 9.36. The van der Waals surface area contributed by atoms with Crippen molar-refractivity contribution in [1.29, 1.82) is 0 Å². The predicted octanol–water partition coefficient (Wildman–Crippen LogP) is 4.48. The maximum Gasteiger partial charge on any atom is 0.120 e. The molecule has 0 amide bonds. The Morgan fingerprint density at radius 3 is 2.42 bits per heavy atom. The summed E-state index contributed by atoms with van der Waals surface area (Å²) in [7, 11) is 0. The number of hydrogen-bond donors (Lipinski definition) is 1. The van der Waals surface area contributed by atoms with Crippen LogP contribution < -0.4 is 4.90 Å². The van der Waals surface area contributed by atoms with Crippen LogP contribution in [0.25, 0.3) is 10.8 Å². The average molecular weight is 346 g/mol. The Morgan fingerprint density at radius 2 is 1.62 bits per heavy atom. The molecule has 1 N–H and O–H groups in total. The smallest absolute Gasteiger partial charge is 0.120 e. The second kappa shape index (κ2) is 7.00. The molecule has 4 rings (SSSR count). The molecule has 0 aromatic heterocycles. The van der Waals surface area contributed by atoms with Crippen LogP contribution in [0.5, 0.6) is 5.75 Å². The lowest BCUT2D eigenvalue weighted by Gasteiger charge is -2.37. The number of phenols is 1. The molecule has 0 unspecified atom stereocenters. The van der Waals surface area contributed by atoms with E-state index in [0.29, 0.717) is 5.75 Å². The van der Waals surface area contributed by atoms with E-state index in [9.17, 15) is 5.11 Å². The number of phenolic OH excluding ortho intramolecular Hbond substituents is 1. The van der Waals surface area contributed by atoms with E-state index in [-0.39, 0.29) is 0 Å². The zero-order valence-corrected chi connectivity index (χ0v) is 15.6. The van der Waals surface area contributed by atoms with Gasteiger partial charge in [0.15, 0.2) is 0 Å². The number of hydrogen-bond acceptors (Lipinski definition) is 3. The Hall–Kier alpha value is -2.52. The molecule has 0 saturated carbocycles. The van der Waals surface area contributed by atoms with Gasteiger partial charge in [-0.3, -0.25) is 4.90 Å². The third kappa shape index (κ3) is 3.15. The van der Waals surface area contributed by atoms with Gasteiger partial charge in [-0.2, -0.15) is 0 Å². The van der Waals surface area contributed by atoms with Crippen molar-refractivity contribution < 1.29 is 5.11 Å². The van der Waals surface area contributed by atoms with Crippen LogP contribution in [-0.4, -0.2) is 36.2 Å². The van der Waals surface area contributed by atoms with E-state index in [0.717, 1.165) is 43.7 Å². The summed E-state index contributed by atoms with van der Waals surface area (Å²) in [6.07, 6.45) is 0. The van der Waals surface area contributed by atoms with Crippen molar-refractivity contribution in [2.75, 3.05) is 31.1 Å². The number of fused-ring (bicyclic) bond motifs is 1. The molecule has 1 fully saturated rings. The predicted molar refractivity (Wildman–Crippen MR) is 109 cm³/mol. The Morgan fingerprint density at radius 1 is 0.846 bits per heavy atom. The van der Waals surface area contributed by atoms with Crippen LogP contribution in [0.1, 0.15) is 16.7 Å². The van der Waals surface area contributed by atoms with E-state index < -0.39 is 0 Å². The van der Waals surface area contributed by atoms with Gasteiger partial charge in [0, 0.05) is 44.0 Å². The molecule has 26 heavy (non-hydrogen) atoms. The van der Waals surface area contributed by atoms with Crippen LogP contribution in [0, 0.1) is 13.8 Å². The molecular formula is C23H26N2O. The Labute approximate surface area is 155 Å². The van der Waals surface area contributed by atoms with Crippen LogP contribution >= 0.6 is 0 Å². The molecule has 0 spiro atoms. The van der Waals surface area contributed by atoms with Crippen molar-refractivity contribution in [2.24, 2.45) is 0 Å². The van der Waals surface area contributed by atoms with E-state index in [1.807, 2.05) is 24.3 Å². The maximum absolute atomic E-state index is 10.4. The molecule has 0 atom stereocenters. The first kappa shape index (κ1) is 16.9. The first-order valence-electron chi connectivity index (χ1n) is 9.36. The first-order chi connectivity index (χ1) is 12.6. The highest BCUT2D eigenvalue weighted by Gasteiger charge is 2.20. The average Bonchev–Trinajstić information content (AvgIpc) is 2.67. The quantitative estimate of drug-likeness (QED) is 0.757. The van der Waals surface area contributed by atoms with E-state index in [1.54, 1.807) is 0 Å². The lowest BCUT2D eigenvalue weighted by Crippen LogP contribution is -2.46. The fourth-order valence-corrected chi connectivity index (χ4v) is 3.94. The number of benzene rings is 3. The fraction of sp³-hybridized carbons (Fsp3) is 0.304. The molecule has 3 aromatic carbocycles. The van der Waals surface area contributed by atoms with Gasteiger partial charge in [0.25, 0.3) is 0 Å². The van der Waals surface area contributed by atoms with E-state index in [1.165, 1.54) is 22.2 Å². The van der Waals surface area contributed by atoms with Gasteiger partial charge < -0.3 is 10.0 Å². The van der Waals surface area contributed by atoms with Gasteiger partial charge in [0.2, 0.25) is 0 Å². The minimum Gasteiger partial charge on any atom is -0.508 e. The van der Waals surface area contributed by atoms with E-state index in [2.05, 4.69) is 54.0 Å². The number of aromatic hydroxyl groups is 1. The highest BCUT2D eigenvalue weighted by atomic mass is 16.3. The molecule has 0 radical (unpaired) electrons. The summed E-state index contributed by atoms with van der Waals surface area (Å²) in [6, 6.07) is 18.7. The zero-order chi connectivity index (χ0) is 18.1. The molecule has 1 heterocycles. The summed E-state index contributed by atoms with van der Waals surface area (Å²) in [4.78, 5) is 4.94. The number of anilines is 1. The SMILES string of the molecule is Cc1cccc(N2CCN(Cc3c(O)ccc4ccccc34)CC2)c1C. The van der Waals surface area contributed by atoms with Gasteiger partial charge in [0.05, 0.1) is 0 Å². The number of piperazine rings is 1. The number of nitrogens with zero attached hydrogens (tertiary/aromatic N) is 2. The van der Waals surface area contributed by atoms with Crippen LogP contribution in [-0.2, 0) is 6.54 Å². The summed E-state index contributed by atoms with van der Waals surface area (Å²) >= 11 is 0. The molecule has 3 heteroatoms. The second-order valence-electron chi connectivity index (χ2n) is 7.27. The minimum atomic E-state index is 0.403. The van der Waals surface area contributed by atoms with Crippen molar-refractivity contribution in [3.05, 3.63) is 71.3 Å². The minimum absolute atomic E-state index is 0.403. The molecule has 1 aliphatic rings. The van der Waals surface area contributed by atoms with Crippen molar-refractivity contribution in [3.8, 4) is 5.75 Å². The zero-order valence-electron chi connectivity index (χ0n) is 15.6. The van der Waals surface area contributed by atoms with E-state index in [4.69, 9.17) is 0 Å². The topological polar surface area (TPSA) is 26.7 Å². The molecular weight excluding hydrogens is 320 g/mol. The van der Waals surface area contributed by atoms with Gasteiger partial charge in [-0.05, 0) is 47.9 Å². The lowest BCUT2D eigenvalue weighted by atomic mass is 10.0. The normalized spacial score (nSPS) is 15.5. The van der Waals surface area contributed by atoms with Gasteiger partial charge in [-0.1, -0.05) is 42.5 Å². The molecule has 0 bridgehead atoms. The van der Waals surface area contributed by atoms with Gasteiger partial charge in [0.1, 0.15) is 5.75 Å². The second-order valence-corrected chi connectivity index (χ2v) is 7.27.